The van der Waals surface area contributed by atoms with Crippen molar-refractivity contribution in [2.45, 2.75) is 38.0 Å². The molecule has 0 bridgehead atoms. The van der Waals surface area contributed by atoms with Gasteiger partial charge in [0, 0.05) is 24.7 Å². The molecule has 186 valence electrons. The van der Waals surface area contributed by atoms with Crippen LogP contribution in [0.3, 0.4) is 0 Å². The molecule has 0 radical (unpaired) electrons. The molecule has 0 aliphatic heterocycles. The van der Waals surface area contributed by atoms with Gasteiger partial charge in [-0.15, -0.1) is 0 Å². The van der Waals surface area contributed by atoms with Crippen LogP contribution >= 0.6 is 11.6 Å². The molecule has 1 atom stereocenters. The number of carbonyl (C=O) groups excluding carboxylic acids is 1. The van der Waals surface area contributed by atoms with E-state index in [1.807, 2.05) is 18.2 Å². The molecule has 0 fully saturated rings. The Labute approximate surface area is 205 Å². The van der Waals surface area contributed by atoms with E-state index in [9.17, 15) is 22.4 Å². The second-order valence-corrected chi connectivity index (χ2v) is 8.70. The van der Waals surface area contributed by atoms with Crippen molar-refractivity contribution in [3.8, 4) is 5.75 Å². The Morgan fingerprint density at radius 3 is 2.40 bits per heavy atom. The minimum Gasteiger partial charge on any atom is -0.484 e. The maximum Gasteiger partial charge on any atom is 0.422 e. The summed E-state index contributed by atoms with van der Waals surface area (Å²) in [6, 6.07) is 14.6. The van der Waals surface area contributed by atoms with Gasteiger partial charge in [-0.05, 0) is 49.2 Å². The fraction of sp³-hybridized carbons (Fsp3) is 0.280. The van der Waals surface area contributed by atoms with Crippen molar-refractivity contribution in [2.75, 3.05) is 6.61 Å². The minimum absolute atomic E-state index is 0.107. The number of rotatable bonds is 8. The zero-order chi connectivity index (χ0) is 25.6. The fourth-order valence-corrected chi connectivity index (χ4v) is 3.71. The van der Waals surface area contributed by atoms with Crippen LogP contribution in [0, 0.1) is 5.82 Å². The summed E-state index contributed by atoms with van der Waals surface area (Å²) < 4.78 is 57.8. The van der Waals surface area contributed by atoms with Gasteiger partial charge in [-0.2, -0.15) is 13.2 Å². The summed E-state index contributed by atoms with van der Waals surface area (Å²) in [7, 11) is 0. The molecule has 2 N–H and O–H groups in total. The van der Waals surface area contributed by atoms with Gasteiger partial charge >= 0.3 is 12.2 Å². The fourth-order valence-electron chi connectivity index (χ4n) is 3.60. The SMILES string of the molecule is CC(C)NC(=O)NC(Cc1ccccc1)(c1cc(F)cc(OCC(F)(F)F)c1)c1ccc(Cl)cn1. The number of urea groups is 1. The van der Waals surface area contributed by atoms with Gasteiger partial charge in [-0.1, -0.05) is 41.9 Å². The first kappa shape index (κ1) is 26.3. The predicted molar refractivity (Wildman–Crippen MR) is 125 cm³/mol. The van der Waals surface area contributed by atoms with E-state index in [2.05, 4.69) is 15.6 Å². The summed E-state index contributed by atoms with van der Waals surface area (Å²) in [6.45, 7) is 1.94. The number of benzene rings is 2. The molecular weight excluding hydrogens is 486 g/mol. The zero-order valence-corrected chi connectivity index (χ0v) is 19.8. The molecule has 0 saturated carbocycles. The van der Waals surface area contributed by atoms with Gasteiger partial charge < -0.3 is 15.4 Å². The van der Waals surface area contributed by atoms with E-state index in [0.29, 0.717) is 10.7 Å². The molecular formula is C25H24ClF4N3O2. The molecule has 3 aromatic rings. The Morgan fingerprint density at radius 2 is 1.80 bits per heavy atom. The van der Waals surface area contributed by atoms with Gasteiger partial charge in [0.05, 0.1) is 10.7 Å². The number of alkyl halides is 3. The molecule has 10 heteroatoms. The number of amides is 2. The largest absolute Gasteiger partial charge is 0.484 e. The van der Waals surface area contributed by atoms with Crippen molar-refractivity contribution in [3.05, 3.63) is 94.5 Å². The van der Waals surface area contributed by atoms with Crippen molar-refractivity contribution < 1.29 is 27.1 Å². The quantitative estimate of drug-likeness (QED) is 0.366. The van der Waals surface area contributed by atoms with Crippen LogP contribution in [-0.4, -0.2) is 29.8 Å². The molecule has 2 amide bonds. The average Bonchev–Trinajstić information content (AvgIpc) is 2.77. The van der Waals surface area contributed by atoms with Gasteiger partial charge in [0.25, 0.3) is 0 Å². The van der Waals surface area contributed by atoms with Gasteiger partial charge in [0.15, 0.2) is 6.61 Å². The molecule has 2 aromatic carbocycles. The smallest absolute Gasteiger partial charge is 0.422 e. The van der Waals surface area contributed by atoms with E-state index < -0.39 is 30.2 Å². The second-order valence-electron chi connectivity index (χ2n) is 8.26. The maximum absolute atomic E-state index is 14.7. The highest BCUT2D eigenvalue weighted by Gasteiger charge is 2.39. The molecule has 0 saturated heterocycles. The van der Waals surface area contributed by atoms with Crippen LogP contribution in [0.1, 0.15) is 30.7 Å². The summed E-state index contributed by atoms with van der Waals surface area (Å²) in [6.07, 6.45) is -3.13. The molecule has 3 rings (SSSR count). The number of nitrogens with zero attached hydrogens (tertiary/aromatic N) is 1. The van der Waals surface area contributed by atoms with Gasteiger partial charge in [0.1, 0.15) is 17.1 Å². The number of ether oxygens (including phenoxy) is 1. The third kappa shape index (κ3) is 7.32. The summed E-state index contributed by atoms with van der Waals surface area (Å²) in [4.78, 5) is 17.3. The van der Waals surface area contributed by atoms with E-state index in [1.165, 1.54) is 12.3 Å². The van der Waals surface area contributed by atoms with Crippen LogP contribution in [0.2, 0.25) is 5.02 Å². The standard InChI is InChI=1S/C25H24ClF4N3O2/c1-16(2)32-23(34)33-24(13-17-6-4-3-5-7-17,22-9-8-19(26)14-31-22)18-10-20(27)12-21(11-18)35-15-25(28,29)30/h3-12,14,16H,13,15H2,1-2H3,(H2,32,33,34). The predicted octanol–water partition coefficient (Wildman–Crippen LogP) is 6.01. The van der Waals surface area contributed by atoms with Crippen LogP contribution in [0.25, 0.3) is 0 Å². The number of hydrogen-bond acceptors (Lipinski definition) is 3. The topological polar surface area (TPSA) is 63.2 Å². The minimum atomic E-state index is -4.61. The Balaban J connectivity index is 2.20. The molecule has 1 heterocycles. The number of hydrogen-bond donors (Lipinski definition) is 2. The number of aromatic nitrogens is 1. The Morgan fingerprint density at radius 1 is 1.09 bits per heavy atom. The normalized spacial score (nSPS) is 13.3. The lowest BCUT2D eigenvalue weighted by Gasteiger charge is -2.36. The highest BCUT2D eigenvalue weighted by atomic mass is 35.5. The molecule has 0 spiro atoms. The monoisotopic (exact) mass is 509 g/mol. The van der Waals surface area contributed by atoms with Crippen molar-refractivity contribution in [2.24, 2.45) is 0 Å². The van der Waals surface area contributed by atoms with Gasteiger partial charge in [-0.3, -0.25) is 4.98 Å². The first-order valence-corrected chi connectivity index (χ1v) is 11.1. The number of carbonyl (C=O) groups is 1. The van der Waals surface area contributed by atoms with Crippen molar-refractivity contribution in [1.29, 1.82) is 0 Å². The third-order valence-corrected chi connectivity index (χ3v) is 5.21. The zero-order valence-electron chi connectivity index (χ0n) is 19.0. The Bertz CT molecular complexity index is 1140. The molecule has 35 heavy (non-hydrogen) atoms. The lowest BCUT2D eigenvalue weighted by Crippen LogP contribution is -2.53. The summed E-state index contributed by atoms with van der Waals surface area (Å²) in [5.74, 6) is -1.17. The summed E-state index contributed by atoms with van der Waals surface area (Å²) >= 11 is 6.03. The first-order valence-electron chi connectivity index (χ1n) is 10.7. The number of nitrogens with one attached hydrogen (secondary N) is 2. The second kappa shape index (κ2) is 10.9. The lowest BCUT2D eigenvalue weighted by atomic mass is 9.80. The molecule has 0 aliphatic carbocycles. The highest BCUT2D eigenvalue weighted by Crippen LogP contribution is 2.36. The first-order chi connectivity index (χ1) is 16.5. The van der Waals surface area contributed by atoms with E-state index in [4.69, 9.17) is 16.3 Å². The average molecular weight is 510 g/mol. The van der Waals surface area contributed by atoms with Gasteiger partial charge in [-0.25, -0.2) is 9.18 Å². The van der Waals surface area contributed by atoms with Crippen molar-refractivity contribution >= 4 is 17.6 Å². The maximum atomic E-state index is 14.7. The molecule has 1 aromatic heterocycles. The van der Waals surface area contributed by atoms with Crippen LogP contribution in [-0.2, 0) is 12.0 Å². The highest BCUT2D eigenvalue weighted by molar-refractivity contribution is 6.30. The molecule has 0 aliphatic rings. The Kier molecular flexibility index (Phi) is 8.22. The van der Waals surface area contributed by atoms with Crippen molar-refractivity contribution in [3.63, 3.8) is 0 Å². The van der Waals surface area contributed by atoms with Crippen LogP contribution in [0.15, 0.2) is 66.9 Å². The van der Waals surface area contributed by atoms with Crippen molar-refractivity contribution in [1.82, 2.24) is 15.6 Å². The van der Waals surface area contributed by atoms with E-state index >= 15 is 0 Å². The van der Waals surface area contributed by atoms with Crippen LogP contribution in [0.5, 0.6) is 5.75 Å². The number of pyridine rings is 1. The molecule has 1 unspecified atom stereocenters. The van der Waals surface area contributed by atoms with E-state index in [0.717, 1.165) is 17.7 Å². The van der Waals surface area contributed by atoms with E-state index in [-0.39, 0.29) is 23.8 Å². The van der Waals surface area contributed by atoms with Crippen LogP contribution in [0.4, 0.5) is 22.4 Å². The van der Waals surface area contributed by atoms with Gasteiger partial charge in [0.2, 0.25) is 0 Å². The third-order valence-electron chi connectivity index (χ3n) is 4.99. The van der Waals surface area contributed by atoms with Crippen LogP contribution < -0.4 is 15.4 Å². The Hall–Kier alpha value is -3.33. The van der Waals surface area contributed by atoms with E-state index in [1.54, 1.807) is 38.1 Å². The lowest BCUT2D eigenvalue weighted by molar-refractivity contribution is -0.153. The molecule has 5 nitrogen and oxygen atoms in total. The number of halogens is 5. The summed E-state index contributed by atoms with van der Waals surface area (Å²) in [5.41, 5.74) is -0.274. The summed E-state index contributed by atoms with van der Waals surface area (Å²) in [5, 5.41) is 5.96.